The minimum atomic E-state index is -10.7. The molecule has 4 aromatic rings. The van der Waals surface area contributed by atoms with Gasteiger partial charge in [-0.05, 0) is 0 Å². The van der Waals surface area contributed by atoms with Gasteiger partial charge in [0.05, 0.1) is 0 Å². The Balaban J connectivity index is 0.000000479. The van der Waals surface area contributed by atoms with E-state index in [0.717, 1.165) is 0 Å². The van der Waals surface area contributed by atoms with E-state index >= 15 is 0 Å². The number of hydrogen-bond acceptors (Lipinski definition) is 1. The molecule has 0 bridgehead atoms. The molecule has 1 atom stereocenters. The molecule has 0 fully saturated rings. The summed E-state index contributed by atoms with van der Waals surface area (Å²) in [5, 5.41) is 4.40. The van der Waals surface area contributed by atoms with E-state index in [9.17, 15) is 25.2 Å². The molecule has 198 valence electrons. The van der Waals surface area contributed by atoms with Gasteiger partial charge in [-0.2, -0.15) is 0 Å². The van der Waals surface area contributed by atoms with Crippen molar-refractivity contribution in [1.29, 1.82) is 0 Å². The third-order valence-corrected chi connectivity index (χ3v) is 22.9. The molecule has 37 heavy (non-hydrogen) atoms. The molecule has 4 rings (SSSR count). The quantitative estimate of drug-likeness (QED) is 0.116. The second kappa shape index (κ2) is 10.9. The normalized spacial score (nSPS) is 14.5. The summed E-state index contributed by atoms with van der Waals surface area (Å²) in [7, 11) is -8.87. The topological polar surface area (TPSA) is 9.23 Å². The summed E-state index contributed by atoms with van der Waals surface area (Å²) < 4.78 is 66.4. The predicted octanol–water partition coefficient (Wildman–Crippen LogP) is 8.04. The fourth-order valence-electron chi connectivity index (χ4n) is 4.14. The van der Waals surface area contributed by atoms with Crippen molar-refractivity contribution in [2.45, 2.75) is 12.3 Å². The van der Waals surface area contributed by atoms with Gasteiger partial charge in [-0.25, -0.2) is 0 Å². The zero-order valence-electron chi connectivity index (χ0n) is 20.2. The fraction of sp³-hybridized carbons (Fsp3) is 0.111. The Bertz CT molecular complexity index is 1240. The van der Waals surface area contributed by atoms with Crippen LogP contribution in [0.4, 0.5) is 25.2 Å². The van der Waals surface area contributed by atoms with Crippen LogP contribution in [-0.2, 0) is 11.3 Å². The second-order valence-corrected chi connectivity index (χ2v) is 23.1. The number of hydrogen-bond donors (Lipinski definition) is 0. The Morgan fingerprint density at radius 2 is 1.00 bits per heavy atom. The van der Waals surface area contributed by atoms with Crippen molar-refractivity contribution >= 4 is 48.1 Å². The zero-order valence-corrected chi connectivity index (χ0v) is 23.9. The molecule has 0 aliphatic heterocycles. The van der Waals surface area contributed by atoms with E-state index in [1.165, 1.54) is 25.8 Å². The van der Waals surface area contributed by atoms with Crippen LogP contribution in [0.3, 0.4) is 0 Å². The van der Waals surface area contributed by atoms with Crippen LogP contribution in [0.1, 0.15) is 5.56 Å². The summed E-state index contributed by atoms with van der Waals surface area (Å²) in [6, 6.07) is 42.5. The maximum atomic E-state index is 9.87. The molecule has 0 radical (unpaired) electrons. The molecule has 0 spiro atoms. The molecular formula is C27H27AsF6OP2. The number of rotatable bonds is 7. The van der Waals surface area contributed by atoms with Crippen molar-refractivity contribution < 1.29 is 29.9 Å². The van der Waals surface area contributed by atoms with Crippen LogP contribution in [0.25, 0.3) is 0 Å². The van der Waals surface area contributed by atoms with Crippen LogP contribution in [0.5, 0.6) is 0 Å². The van der Waals surface area contributed by atoms with Crippen molar-refractivity contribution in [1.82, 2.24) is 0 Å². The SMILES string of the molecule is COCc1ccccc1[P+](c1ccccc1)(c1ccccc1)[As](C)c1ccccc1.F[P-](F)(F)(F)(F)F. The monoisotopic (exact) mass is 618 g/mol. The van der Waals surface area contributed by atoms with E-state index in [1.54, 1.807) is 7.11 Å². The Kier molecular flexibility index (Phi) is 8.67. The summed E-state index contributed by atoms with van der Waals surface area (Å²) in [5.41, 5.74) is 3.85. The van der Waals surface area contributed by atoms with E-state index in [2.05, 4.69) is 121 Å². The van der Waals surface area contributed by atoms with Crippen LogP contribution in [0.2, 0.25) is 5.71 Å². The Morgan fingerprint density at radius 1 is 0.622 bits per heavy atom. The molecular weight excluding hydrogens is 591 g/mol. The van der Waals surface area contributed by atoms with E-state index in [1.807, 2.05) is 0 Å². The first-order valence-corrected chi connectivity index (χ1v) is 20.3. The standard InChI is InChI=1S/C27H27AsOP.F6P/c1-28(24-15-6-3-7-16-24)30(25-17-8-4-9-18-25,26-19-10-5-11-20-26)27-21-13-12-14-23(27)22-29-2;1-7(2,3,4,5)6/h3-21H,22H2,1-2H3;/q+1;-1. The van der Waals surface area contributed by atoms with E-state index in [-0.39, 0.29) is 0 Å². The van der Waals surface area contributed by atoms with Crippen LogP contribution >= 0.6 is 13.6 Å². The van der Waals surface area contributed by atoms with Crippen molar-refractivity contribution in [2.24, 2.45) is 0 Å². The van der Waals surface area contributed by atoms with Gasteiger partial charge < -0.3 is 0 Å². The summed E-state index contributed by atoms with van der Waals surface area (Å²) in [4.78, 5) is 0. The minimum absolute atomic E-state index is 0.634. The van der Waals surface area contributed by atoms with E-state index in [4.69, 9.17) is 4.74 Å². The number of halogens is 6. The molecule has 0 saturated heterocycles. The molecule has 0 aliphatic carbocycles. The van der Waals surface area contributed by atoms with Crippen LogP contribution in [0, 0.1) is 0 Å². The van der Waals surface area contributed by atoms with Gasteiger partial charge in [-0.15, -0.1) is 0 Å². The Hall–Kier alpha value is -2.16. The number of methoxy groups -OCH3 is 1. The van der Waals surface area contributed by atoms with Crippen LogP contribution < -0.4 is 20.3 Å². The van der Waals surface area contributed by atoms with Gasteiger partial charge in [0, 0.05) is 0 Å². The molecule has 10 heteroatoms. The van der Waals surface area contributed by atoms with Gasteiger partial charge in [-0.3, -0.25) is 0 Å². The van der Waals surface area contributed by atoms with Crippen molar-refractivity contribution in [2.75, 3.05) is 7.11 Å². The number of benzene rings is 4. The van der Waals surface area contributed by atoms with Crippen molar-refractivity contribution in [3.8, 4) is 0 Å². The number of ether oxygens (including phenoxy) is 1. The first kappa shape index (κ1) is 29.4. The van der Waals surface area contributed by atoms with E-state index < -0.39 is 27.8 Å². The van der Waals surface area contributed by atoms with Gasteiger partial charge in [0.25, 0.3) is 0 Å². The summed E-state index contributed by atoms with van der Waals surface area (Å²) >= 11 is -1.58. The molecule has 0 amide bonds. The average molecular weight is 618 g/mol. The zero-order chi connectivity index (χ0) is 27.2. The van der Waals surface area contributed by atoms with Crippen molar-refractivity contribution in [3.63, 3.8) is 0 Å². The van der Waals surface area contributed by atoms with Gasteiger partial charge in [0.1, 0.15) is 0 Å². The average Bonchev–Trinajstić information content (AvgIpc) is 2.85. The summed E-state index contributed by atoms with van der Waals surface area (Å²) in [6.45, 7) is 0.634. The van der Waals surface area contributed by atoms with Crippen LogP contribution in [0.15, 0.2) is 115 Å². The summed E-state index contributed by atoms with van der Waals surface area (Å²) in [5.74, 6) is -1.87. The van der Waals surface area contributed by atoms with Gasteiger partial charge in [0.2, 0.25) is 0 Å². The molecule has 4 aromatic carbocycles. The molecule has 0 N–H and O–H groups in total. The first-order valence-electron chi connectivity index (χ1n) is 11.2. The third kappa shape index (κ3) is 8.42. The molecule has 0 aromatic heterocycles. The van der Waals surface area contributed by atoms with Crippen LogP contribution in [-0.4, -0.2) is 21.3 Å². The first-order chi connectivity index (χ1) is 17.2. The maximum absolute atomic E-state index is 10.7. The predicted molar refractivity (Wildman–Crippen MR) is 147 cm³/mol. The second-order valence-electron chi connectivity index (χ2n) is 8.19. The molecule has 1 unspecified atom stereocenters. The molecule has 0 aliphatic rings. The van der Waals surface area contributed by atoms with Gasteiger partial charge in [0.15, 0.2) is 0 Å². The van der Waals surface area contributed by atoms with Gasteiger partial charge in [-0.1, -0.05) is 0 Å². The molecule has 0 saturated carbocycles. The fourth-order valence-corrected chi connectivity index (χ4v) is 21.9. The summed E-state index contributed by atoms with van der Waals surface area (Å²) in [6.07, 6.45) is 0. The van der Waals surface area contributed by atoms with Gasteiger partial charge >= 0.3 is 218 Å². The molecule has 1 nitrogen and oxygen atoms in total. The Labute approximate surface area is 217 Å². The molecule has 0 heterocycles. The Morgan fingerprint density at radius 3 is 1.43 bits per heavy atom. The van der Waals surface area contributed by atoms with E-state index in [0.29, 0.717) is 6.61 Å². The van der Waals surface area contributed by atoms with Crippen molar-refractivity contribution in [3.05, 3.63) is 121 Å². The third-order valence-electron chi connectivity index (χ3n) is 5.48.